The summed E-state index contributed by atoms with van der Waals surface area (Å²) in [4.78, 5) is 19.4. The van der Waals surface area contributed by atoms with E-state index in [0.717, 1.165) is 11.1 Å². The minimum atomic E-state index is -3.59. The topological polar surface area (TPSA) is 138 Å². The monoisotopic (exact) mass is 690 g/mol. The zero-order valence-corrected chi connectivity index (χ0v) is 28.8. The molecule has 2 aromatic heterocycles. The number of benzene rings is 3. The van der Waals surface area contributed by atoms with Gasteiger partial charge in [-0.1, -0.05) is 51.5 Å². The van der Waals surface area contributed by atoms with Crippen LogP contribution in [-0.4, -0.2) is 51.2 Å². The Balaban J connectivity index is 1.47. The Labute approximate surface area is 284 Å². The van der Waals surface area contributed by atoms with Crippen molar-refractivity contribution in [1.82, 2.24) is 20.2 Å². The van der Waals surface area contributed by atoms with Crippen LogP contribution in [0.15, 0.2) is 60.8 Å². The number of halogens is 2. The average molecular weight is 691 g/mol. The second-order valence-electron chi connectivity index (χ2n) is 14.2. The maximum atomic E-state index is 15.6. The number of fused-ring (bicyclic) bond motifs is 8. The lowest BCUT2D eigenvalue weighted by Crippen LogP contribution is -2.29. The fraction of sp³-hybridized carbons (Fsp3) is 0.378. The van der Waals surface area contributed by atoms with Crippen LogP contribution in [0.5, 0.6) is 11.5 Å². The van der Waals surface area contributed by atoms with Crippen molar-refractivity contribution in [3.05, 3.63) is 94.9 Å². The van der Waals surface area contributed by atoms with E-state index in [9.17, 15) is 18.3 Å². The predicted molar refractivity (Wildman–Crippen MR) is 183 cm³/mol. The zero-order chi connectivity index (χ0) is 35.1. The molecule has 4 bridgehead atoms. The molecule has 3 heterocycles. The number of H-pyrrole nitrogens is 2. The summed E-state index contributed by atoms with van der Waals surface area (Å²) in [5.41, 5.74) is 1.31. The predicted octanol–water partition coefficient (Wildman–Crippen LogP) is 7.76. The quantitative estimate of drug-likeness (QED) is 0.175. The number of hydrogen-bond acceptors (Lipinski definition) is 6. The molecule has 1 unspecified atom stereocenters. The van der Waals surface area contributed by atoms with Crippen molar-refractivity contribution < 1.29 is 31.8 Å². The number of rotatable bonds is 4. The molecular formula is C37H40F2N4O5S. The molecule has 9 nitrogen and oxygen atoms in total. The summed E-state index contributed by atoms with van der Waals surface area (Å²) in [6.07, 6.45) is 3.76. The summed E-state index contributed by atoms with van der Waals surface area (Å²) >= 11 is 0. The third-order valence-corrected chi connectivity index (χ3v) is 11.7. The Hall–Kier alpha value is -4.58. The van der Waals surface area contributed by atoms with Crippen molar-refractivity contribution in [1.29, 1.82) is 0 Å². The molecule has 5 aromatic rings. The number of aryl methyl sites for hydroxylation is 1. The molecule has 0 spiro atoms. The number of carbonyl (C=O) groups is 1. The van der Waals surface area contributed by atoms with Crippen LogP contribution in [0.2, 0.25) is 0 Å². The number of aliphatic carboxylic acids is 1. The summed E-state index contributed by atoms with van der Waals surface area (Å²) in [7, 11) is -3.59. The molecule has 1 aliphatic heterocycles. The van der Waals surface area contributed by atoms with Gasteiger partial charge in [-0.2, -0.15) is 5.10 Å². The van der Waals surface area contributed by atoms with E-state index in [4.69, 9.17) is 9.72 Å². The zero-order valence-electron chi connectivity index (χ0n) is 27.9. The molecule has 0 fully saturated rings. The first-order chi connectivity index (χ1) is 23.1. The molecule has 0 radical (unpaired) electrons. The van der Waals surface area contributed by atoms with Crippen molar-refractivity contribution >= 4 is 26.7 Å². The number of aromatic nitrogens is 4. The van der Waals surface area contributed by atoms with Gasteiger partial charge >= 0.3 is 5.97 Å². The number of nitrogens with one attached hydrogen (secondary N) is 2. The van der Waals surface area contributed by atoms with E-state index in [2.05, 4.69) is 15.2 Å². The summed E-state index contributed by atoms with van der Waals surface area (Å²) in [6, 6.07) is 14.7. The lowest BCUT2D eigenvalue weighted by atomic mass is 9.75. The molecule has 0 aliphatic carbocycles. The van der Waals surface area contributed by atoms with Crippen LogP contribution in [0.25, 0.3) is 22.3 Å². The minimum absolute atomic E-state index is 0.0209. The highest BCUT2D eigenvalue weighted by Gasteiger charge is 2.35. The van der Waals surface area contributed by atoms with E-state index in [1.165, 1.54) is 24.3 Å². The van der Waals surface area contributed by atoms with E-state index < -0.39 is 44.2 Å². The number of sulfone groups is 1. The van der Waals surface area contributed by atoms with Gasteiger partial charge < -0.3 is 14.8 Å². The Morgan fingerprint density at radius 2 is 1.86 bits per heavy atom. The van der Waals surface area contributed by atoms with E-state index in [1.807, 2.05) is 45.0 Å². The second-order valence-corrected chi connectivity index (χ2v) is 16.4. The van der Waals surface area contributed by atoms with Crippen molar-refractivity contribution in [3.63, 3.8) is 0 Å². The molecule has 49 heavy (non-hydrogen) atoms. The lowest BCUT2D eigenvalue weighted by Gasteiger charge is -2.31. The number of nitrogens with zero attached hydrogens (tertiary/aromatic N) is 2. The molecule has 12 heteroatoms. The van der Waals surface area contributed by atoms with Crippen LogP contribution >= 0.6 is 0 Å². The van der Waals surface area contributed by atoms with E-state index in [-0.39, 0.29) is 40.8 Å². The highest BCUT2D eigenvalue weighted by molar-refractivity contribution is 7.91. The van der Waals surface area contributed by atoms with Gasteiger partial charge in [0.1, 0.15) is 17.4 Å². The second kappa shape index (κ2) is 13.0. The first kappa shape index (κ1) is 34.3. The minimum Gasteiger partial charge on any atom is -0.481 e. The first-order valence-electron chi connectivity index (χ1n) is 16.4. The fourth-order valence-corrected chi connectivity index (χ4v) is 8.86. The number of carboxylic acid groups (broad SMARTS) is 1. The molecule has 258 valence electrons. The Morgan fingerprint density at radius 1 is 1.06 bits per heavy atom. The lowest BCUT2D eigenvalue weighted by molar-refractivity contribution is -0.141. The molecule has 1 aliphatic rings. The highest BCUT2D eigenvalue weighted by Crippen LogP contribution is 2.40. The Kier molecular flexibility index (Phi) is 9.12. The first-order valence-corrected chi connectivity index (χ1v) is 18.2. The van der Waals surface area contributed by atoms with Crippen molar-refractivity contribution in [3.8, 4) is 22.9 Å². The van der Waals surface area contributed by atoms with E-state index in [1.54, 1.807) is 19.2 Å². The molecule has 3 aromatic carbocycles. The standard InChI is InChI=1S/C37H40F2N4O5S/c1-22(34(44)45)17-23-7-5-8-24(18-23)37(4)14-6-13-36(2,3)21-49(46,47)16-12-27-26-11-15-40-31(26)20-30(39)32(27)48-25-9-10-29(38)28(19-25)33-41-35(37)43-42-33/h5,7-11,15,18-20,22,40H,6,12-14,16-17,21H2,1-4H3,(H,44,45)(H,41,42,43)/t22-,37?/m0/s1. The molecule has 0 saturated heterocycles. The number of hydrogen-bond donors (Lipinski definition) is 3. The average Bonchev–Trinajstić information content (AvgIpc) is 3.71. The summed E-state index contributed by atoms with van der Waals surface area (Å²) in [6.45, 7) is 7.51. The van der Waals surface area contributed by atoms with Gasteiger partial charge in [-0.15, -0.1) is 0 Å². The smallest absolute Gasteiger partial charge is 0.306 e. The van der Waals surface area contributed by atoms with Gasteiger partial charge in [0.25, 0.3) is 0 Å². The van der Waals surface area contributed by atoms with Crippen molar-refractivity contribution in [2.24, 2.45) is 11.3 Å². The summed E-state index contributed by atoms with van der Waals surface area (Å²) in [5.74, 6) is -2.46. The maximum absolute atomic E-state index is 15.6. The fourth-order valence-electron chi connectivity index (χ4n) is 6.87. The third-order valence-electron chi connectivity index (χ3n) is 9.60. The molecule has 6 rings (SSSR count). The van der Waals surface area contributed by atoms with Gasteiger partial charge in [0.05, 0.1) is 28.4 Å². The number of carboxylic acids is 1. The van der Waals surface area contributed by atoms with E-state index in [0.29, 0.717) is 48.0 Å². The van der Waals surface area contributed by atoms with Crippen LogP contribution < -0.4 is 4.74 Å². The largest absolute Gasteiger partial charge is 0.481 e. The normalized spacial score (nSPS) is 20.0. The summed E-state index contributed by atoms with van der Waals surface area (Å²) in [5, 5.41) is 17.6. The van der Waals surface area contributed by atoms with Gasteiger partial charge in [-0.25, -0.2) is 22.2 Å². The van der Waals surface area contributed by atoms with Crippen LogP contribution in [0.4, 0.5) is 8.78 Å². The third kappa shape index (κ3) is 7.24. The molecular weight excluding hydrogens is 650 g/mol. The highest BCUT2D eigenvalue weighted by atomic mass is 32.2. The Morgan fingerprint density at radius 3 is 2.63 bits per heavy atom. The maximum Gasteiger partial charge on any atom is 0.306 e. The number of ether oxygens (including phenoxy) is 1. The van der Waals surface area contributed by atoms with Crippen molar-refractivity contribution in [2.75, 3.05) is 11.5 Å². The van der Waals surface area contributed by atoms with Crippen LogP contribution in [-0.2, 0) is 32.9 Å². The van der Waals surface area contributed by atoms with Crippen LogP contribution in [0, 0.1) is 23.0 Å². The van der Waals surface area contributed by atoms with Gasteiger partial charge in [-0.05, 0) is 73.4 Å². The molecule has 3 N–H and O–H groups in total. The summed E-state index contributed by atoms with van der Waals surface area (Å²) < 4.78 is 64.2. The van der Waals surface area contributed by atoms with Crippen LogP contribution in [0.1, 0.15) is 69.5 Å². The van der Waals surface area contributed by atoms with Crippen molar-refractivity contribution in [2.45, 2.75) is 65.2 Å². The SMILES string of the molecule is C[C@@H](Cc1cccc(C2(C)CCCC(C)(C)CS(=O)(=O)CCc3c(c(F)cc4[nH]ccc34)Oc3ccc(F)c(c3)-c3n[nH]c2n3)c1)C(=O)O. The molecule has 0 saturated carbocycles. The molecule has 2 atom stereocenters. The van der Waals surface area contributed by atoms with E-state index >= 15 is 8.78 Å². The number of aromatic amines is 2. The van der Waals surface area contributed by atoms with Gasteiger partial charge in [0, 0.05) is 28.7 Å². The Bertz CT molecular complexity index is 2140. The van der Waals surface area contributed by atoms with Gasteiger partial charge in [-0.3, -0.25) is 9.89 Å². The van der Waals surface area contributed by atoms with Gasteiger partial charge in [0.15, 0.2) is 27.2 Å². The van der Waals surface area contributed by atoms with Gasteiger partial charge in [0.2, 0.25) is 0 Å². The molecule has 0 amide bonds. The van der Waals surface area contributed by atoms with Crippen LogP contribution in [0.3, 0.4) is 0 Å².